The molecule has 1 heterocycles. The van der Waals surface area contributed by atoms with Crippen molar-refractivity contribution in [2.75, 3.05) is 6.61 Å². The normalized spacial score (nSPS) is 10.2. The second kappa shape index (κ2) is 7.44. The van der Waals surface area contributed by atoms with Crippen molar-refractivity contribution in [3.8, 4) is 11.8 Å². The van der Waals surface area contributed by atoms with E-state index in [1.165, 1.54) is 29.2 Å². The van der Waals surface area contributed by atoms with Crippen LogP contribution in [0.5, 0.6) is 0 Å². The topological polar surface area (TPSA) is 20.2 Å². The van der Waals surface area contributed by atoms with Crippen molar-refractivity contribution in [2.45, 2.75) is 17.1 Å². The Hall–Kier alpha value is -1.35. The summed E-state index contributed by atoms with van der Waals surface area (Å²) in [6, 6.07) is 5.38. The Labute approximate surface area is 124 Å². The molecule has 0 unspecified atom stereocenters. The number of aliphatic hydroxyl groups excluding tert-OH is 1. The third-order valence-corrected chi connectivity index (χ3v) is 4.59. The lowest BCUT2D eigenvalue weighted by Crippen LogP contribution is -1.84. The zero-order chi connectivity index (χ0) is 14.4. The average molecular weight is 310 g/mol. The van der Waals surface area contributed by atoms with Crippen LogP contribution < -0.4 is 0 Å². The second-order valence-corrected chi connectivity index (χ2v) is 5.95. The van der Waals surface area contributed by atoms with Gasteiger partial charge < -0.3 is 5.11 Å². The first kappa shape index (κ1) is 15.0. The molecule has 1 aromatic carbocycles. The predicted molar refractivity (Wildman–Crippen MR) is 78.8 cm³/mol. The molecular weight excluding hydrogens is 298 g/mol. The van der Waals surface area contributed by atoms with Crippen LogP contribution in [0.4, 0.5) is 8.78 Å². The predicted octanol–water partition coefficient (Wildman–Crippen LogP) is 4.05. The lowest BCUT2D eigenvalue weighted by Gasteiger charge is -2.01. The highest BCUT2D eigenvalue weighted by molar-refractivity contribution is 7.98. The van der Waals surface area contributed by atoms with Crippen molar-refractivity contribution in [1.29, 1.82) is 0 Å². The fraction of sp³-hybridized carbons (Fsp3) is 0.200. The Morgan fingerprint density at radius 1 is 1.25 bits per heavy atom. The molecule has 0 fully saturated rings. The fourth-order valence-electron chi connectivity index (χ4n) is 1.48. The number of thiophene rings is 1. The zero-order valence-electron chi connectivity index (χ0n) is 10.5. The molecule has 0 saturated carbocycles. The number of hydrogen-bond acceptors (Lipinski definition) is 3. The van der Waals surface area contributed by atoms with E-state index in [1.807, 2.05) is 11.4 Å². The molecule has 2 rings (SSSR count). The lowest BCUT2D eigenvalue weighted by molar-refractivity contribution is 0.305. The lowest BCUT2D eigenvalue weighted by atomic mass is 10.3. The molecule has 0 saturated heterocycles. The second-order valence-electron chi connectivity index (χ2n) is 3.94. The first-order valence-electron chi connectivity index (χ1n) is 5.94. The van der Waals surface area contributed by atoms with Crippen molar-refractivity contribution in [1.82, 2.24) is 0 Å². The standard InChI is InChI=1S/C15H12F2OS2/c16-12-4-5-14(17)15(8-12)20-10-13-7-11(9-19-13)3-1-2-6-18/h4-5,7-9,18H,2,6,10H2. The molecule has 0 atom stereocenters. The van der Waals surface area contributed by atoms with Crippen LogP contribution in [0.3, 0.4) is 0 Å². The first-order valence-corrected chi connectivity index (χ1v) is 7.80. The Morgan fingerprint density at radius 2 is 2.10 bits per heavy atom. The molecule has 1 N–H and O–H groups in total. The monoisotopic (exact) mass is 310 g/mol. The van der Waals surface area contributed by atoms with Crippen LogP contribution in [0.25, 0.3) is 0 Å². The highest BCUT2D eigenvalue weighted by Gasteiger charge is 2.06. The first-order chi connectivity index (χ1) is 9.69. The summed E-state index contributed by atoms with van der Waals surface area (Å²) in [6.45, 7) is 0.0543. The quantitative estimate of drug-likeness (QED) is 0.679. The average Bonchev–Trinajstić information content (AvgIpc) is 2.88. The van der Waals surface area contributed by atoms with Crippen molar-refractivity contribution in [3.05, 3.63) is 51.7 Å². The number of aliphatic hydroxyl groups is 1. The summed E-state index contributed by atoms with van der Waals surface area (Å²) in [6.07, 6.45) is 0.453. The molecule has 2 aromatic rings. The summed E-state index contributed by atoms with van der Waals surface area (Å²) in [5.41, 5.74) is 0.888. The van der Waals surface area contributed by atoms with E-state index in [1.54, 1.807) is 0 Å². The van der Waals surface area contributed by atoms with Gasteiger partial charge >= 0.3 is 0 Å². The van der Waals surface area contributed by atoms with E-state index in [4.69, 9.17) is 5.11 Å². The van der Waals surface area contributed by atoms with Crippen molar-refractivity contribution in [3.63, 3.8) is 0 Å². The molecule has 104 valence electrons. The maximum Gasteiger partial charge on any atom is 0.136 e. The molecule has 0 aliphatic heterocycles. The van der Waals surface area contributed by atoms with Crippen LogP contribution in [0.2, 0.25) is 0 Å². The Balaban J connectivity index is 1.98. The molecule has 0 bridgehead atoms. The summed E-state index contributed by atoms with van der Waals surface area (Å²) >= 11 is 2.80. The van der Waals surface area contributed by atoms with Crippen LogP contribution in [-0.4, -0.2) is 11.7 Å². The van der Waals surface area contributed by atoms with Crippen LogP contribution in [0.15, 0.2) is 34.5 Å². The van der Waals surface area contributed by atoms with Gasteiger partial charge in [0.25, 0.3) is 0 Å². The van der Waals surface area contributed by atoms with Gasteiger partial charge in [0.15, 0.2) is 0 Å². The van der Waals surface area contributed by atoms with Gasteiger partial charge in [0.05, 0.1) is 6.61 Å². The summed E-state index contributed by atoms with van der Waals surface area (Å²) < 4.78 is 26.5. The van der Waals surface area contributed by atoms with E-state index >= 15 is 0 Å². The fourth-order valence-corrected chi connectivity index (χ4v) is 3.31. The van der Waals surface area contributed by atoms with Crippen molar-refractivity contribution < 1.29 is 13.9 Å². The van der Waals surface area contributed by atoms with Crippen LogP contribution >= 0.6 is 23.1 Å². The maximum absolute atomic E-state index is 13.5. The third kappa shape index (κ3) is 4.34. The summed E-state index contributed by atoms with van der Waals surface area (Å²) in [7, 11) is 0. The van der Waals surface area contributed by atoms with Gasteiger partial charge in [-0.25, -0.2) is 8.78 Å². The van der Waals surface area contributed by atoms with Gasteiger partial charge in [0, 0.05) is 32.9 Å². The zero-order valence-corrected chi connectivity index (χ0v) is 12.2. The minimum Gasteiger partial charge on any atom is -0.395 e. The van der Waals surface area contributed by atoms with Gasteiger partial charge in [-0.2, -0.15) is 0 Å². The van der Waals surface area contributed by atoms with E-state index in [-0.39, 0.29) is 6.61 Å². The van der Waals surface area contributed by atoms with Crippen molar-refractivity contribution in [2.24, 2.45) is 0 Å². The molecule has 20 heavy (non-hydrogen) atoms. The van der Waals surface area contributed by atoms with E-state index in [0.717, 1.165) is 22.6 Å². The van der Waals surface area contributed by atoms with Crippen LogP contribution in [0, 0.1) is 23.5 Å². The highest BCUT2D eigenvalue weighted by Crippen LogP contribution is 2.28. The molecule has 0 aliphatic carbocycles. The molecule has 0 amide bonds. The van der Waals surface area contributed by atoms with Gasteiger partial charge in [-0.15, -0.1) is 23.1 Å². The van der Waals surface area contributed by atoms with Crippen LogP contribution in [0.1, 0.15) is 16.9 Å². The van der Waals surface area contributed by atoms with Gasteiger partial charge in [-0.05, 0) is 24.3 Å². The highest BCUT2D eigenvalue weighted by atomic mass is 32.2. The van der Waals surface area contributed by atoms with Crippen molar-refractivity contribution >= 4 is 23.1 Å². The smallest absolute Gasteiger partial charge is 0.136 e. The molecule has 5 heteroatoms. The molecular formula is C15H12F2OS2. The number of thioether (sulfide) groups is 1. The molecule has 1 nitrogen and oxygen atoms in total. The molecule has 0 aliphatic rings. The van der Waals surface area contributed by atoms with Gasteiger partial charge in [0.2, 0.25) is 0 Å². The minimum atomic E-state index is -0.435. The third-order valence-electron chi connectivity index (χ3n) is 2.39. The largest absolute Gasteiger partial charge is 0.395 e. The number of hydrogen-bond donors (Lipinski definition) is 1. The summed E-state index contributed by atoms with van der Waals surface area (Å²) in [4.78, 5) is 1.36. The minimum absolute atomic E-state index is 0.0543. The van der Waals surface area contributed by atoms with E-state index in [9.17, 15) is 8.78 Å². The summed E-state index contributed by atoms with van der Waals surface area (Å²) in [5, 5.41) is 10.6. The maximum atomic E-state index is 13.5. The van der Waals surface area contributed by atoms with E-state index in [2.05, 4.69) is 11.8 Å². The number of halogens is 2. The molecule has 0 spiro atoms. The Kier molecular flexibility index (Phi) is 5.60. The number of rotatable bonds is 4. The van der Waals surface area contributed by atoms with Crippen LogP contribution in [-0.2, 0) is 5.75 Å². The number of benzene rings is 1. The van der Waals surface area contributed by atoms with Gasteiger partial charge in [0.1, 0.15) is 11.6 Å². The summed E-state index contributed by atoms with van der Waals surface area (Å²) in [5.74, 6) is 5.52. The van der Waals surface area contributed by atoms with Gasteiger partial charge in [-0.1, -0.05) is 11.8 Å². The Morgan fingerprint density at radius 3 is 2.90 bits per heavy atom. The van der Waals surface area contributed by atoms with E-state index in [0.29, 0.717) is 17.1 Å². The molecule has 1 aromatic heterocycles. The SMILES string of the molecule is OCCC#Cc1csc(CSc2cc(F)ccc2F)c1. The van der Waals surface area contributed by atoms with E-state index < -0.39 is 11.6 Å². The molecule has 0 radical (unpaired) electrons. The Bertz CT molecular complexity index is 641. The van der Waals surface area contributed by atoms with Gasteiger partial charge in [-0.3, -0.25) is 0 Å².